The molecule has 2 rings (SSSR count). The second-order valence-corrected chi connectivity index (χ2v) is 4.87. The highest BCUT2D eigenvalue weighted by Crippen LogP contribution is 2.34. The lowest BCUT2D eigenvalue weighted by molar-refractivity contribution is -0.385. The van der Waals surface area contributed by atoms with Gasteiger partial charge in [-0.1, -0.05) is 0 Å². The summed E-state index contributed by atoms with van der Waals surface area (Å²) in [5, 5.41) is 24.7. The predicted octanol–water partition coefficient (Wildman–Crippen LogP) is 3.56. The maximum atomic E-state index is 12.5. The van der Waals surface area contributed by atoms with Crippen molar-refractivity contribution in [3.05, 3.63) is 51.7 Å². The standard InChI is InChI=1S/C15H13F3N4O4/c1-2-26-12-6-11(22(24)25)5-9(14(12)23)7-20-21-13-4-3-10(8-19-13)15(16,17)18/h3-8,23H,2H2,1H3,(H,19,21)/b20-7-. The van der Waals surface area contributed by atoms with Crippen LogP contribution in [0.5, 0.6) is 11.5 Å². The van der Waals surface area contributed by atoms with Crippen molar-refractivity contribution in [2.75, 3.05) is 12.0 Å². The van der Waals surface area contributed by atoms with Gasteiger partial charge in [0.05, 0.1) is 29.4 Å². The Morgan fingerprint density at radius 2 is 2.15 bits per heavy atom. The van der Waals surface area contributed by atoms with Gasteiger partial charge in [-0.25, -0.2) is 4.98 Å². The number of rotatable bonds is 6. The number of hydrogen-bond acceptors (Lipinski definition) is 7. The van der Waals surface area contributed by atoms with E-state index in [1.165, 1.54) is 0 Å². The molecule has 1 heterocycles. The number of hydrogen-bond donors (Lipinski definition) is 2. The average Bonchev–Trinajstić information content (AvgIpc) is 2.57. The number of ether oxygens (including phenoxy) is 1. The molecule has 0 saturated heterocycles. The summed E-state index contributed by atoms with van der Waals surface area (Å²) in [6, 6.07) is 4.03. The zero-order chi connectivity index (χ0) is 19.3. The number of anilines is 1. The molecule has 0 fully saturated rings. The first-order valence-electron chi connectivity index (χ1n) is 7.19. The number of nitro groups is 1. The van der Waals surface area contributed by atoms with Gasteiger partial charge in [0.25, 0.3) is 5.69 Å². The van der Waals surface area contributed by atoms with Gasteiger partial charge in [0.2, 0.25) is 0 Å². The Labute approximate surface area is 145 Å². The monoisotopic (exact) mass is 370 g/mol. The fourth-order valence-electron chi connectivity index (χ4n) is 1.88. The summed E-state index contributed by atoms with van der Waals surface area (Å²) in [5.74, 6) is -0.427. The molecule has 0 aliphatic heterocycles. The van der Waals surface area contributed by atoms with Gasteiger partial charge >= 0.3 is 6.18 Å². The van der Waals surface area contributed by atoms with E-state index in [2.05, 4.69) is 15.5 Å². The van der Waals surface area contributed by atoms with Crippen molar-refractivity contribution >= 4 is 17.7 Å². The van der Waals surface area contributed by atoms with Crippen molar-refractivity contribution in [1.29, 1.82) is 0 Å². The Morgan fingerprint density at radius 1 is 1.42 bits per heavy atom. The number of phenolic OH excluding ortho intramolecular Hbond substituents is 1. The maximum Gasteiger partial charge on any atom is 0.417 e. The van der Waals surface area contributed by atoms with Crippen LogP contribution >= 0.6 is 0 Å². The van der Waals surface area contributed by atoms with Gasteiger partial charge < -0.3 is 9.84 Å². The molecule has 0 unspecified atom stereocenters. The lowest BCUT2D eigenvalue weighted by Gasteiger charge is -2.08. The van der Waals surface area contributed by atoms with Crippen LogP contribution in [0.2, 0.25) is 0 Å². The zero-order valence-electron chi connectivity index (χ0n) is 13.3. The van der Waals surface area contributed by atoms with Crippen LogP contribution in [0.4, 0.5) is 24.7 Å². The highest BCUT2D eigenvalue weighted by atomic mass is 19.4. The number of nitrogens with zero attached hydrogens (tertiary/aromatic N) is 3. The molecule has 2 aromatic rings. The number of halogens is 3. The van der Waals surface area contributed by atoms with Crippen LogP contribution in [-0.2, 0) is 6.18 Å². The molecule has 0 aliphatic carbocycles. The van der Waals surface area contributed by atoms with Crippen LogP contribution in [-0.4, -0.2) is 27.8 Å². The van der Waals surface area contributed by atoms with Gasteiger partial charge in [-0.15, -0.1) is 0 Å². The van der Waals surface area contributed by atoms with Gasteiger partial charge in [-0.3, -0.25) is 15.5 Å². The van der Waals surface area contributed by atoms with Crippen molar-refractivity contribution in [3.63, 3.8) is 0 Å². The van der Waals surface area contributed by atoms with Crippen LogP contribution in [0.3, 0.4) is 0 Å². The van der Waals surface area contributed by atoms with E-state index in [4.69, 9.17) is 4.74 Å². The van der Waals surface area contributed by atoms with Crippen LogP contribution in [0, 0.1) is 10.1 Å². The van der Waals surface area contributed by atoms with Gasteiger partial charge in [-0.05, 0) is 19.1 Å². The average molecular weight is 370 g/mol. The number of aromatic nitrogens is 1. The summed E-state index contributed by atoms with van der Waals surface area (Å²) < 4.78 is 42.5. The lowest BCUT2D eigenvalue weighted by atomic mass is 10.1. The molecule has 26 heavy (non-hydrogen) atoms. The summed E-state index contributed by atoms with van der Waals surface area (Å²) >= 11 is 0. The third-order valence-corrected chi connectivity index (χ3v) is 3.07. The molecule has 138 valence electrons. The Balaban J connectivity index is 2.20. The molecule has 0 bridgehead atoms. The number of nitro benzene ring substituents is 1. The molecule has 1 aromatic carbocycles. The molecule has 11 heteroatoms. The number of non-ortho nitro benzene ring substituents is 1. The Bertz CT molecular complexity index is 823. The van der Waals surface area contributed by atoms with E-state index in [0.717, 1.165) is 30.5 Å². The molecule has 8 nitrogen and oxygen atoms in total. The van der Waals surface area contributed by atoms with Crippen molar-refractivity contribution in [2.24, 2.45) is 5.10 Å². The molecule has 0 atom stereocenters. The molecule has 0 spiro atoms. The second-order valence-electron chi connectivity index (χ2n) is 4.87. The molecule has 0 amide bonds. The van der Waals surface area contributed by atoms with Crippen molar-refractivity contribution in [2.45, 2.75) is 13.1 Å². The van der Waals surface area contributed by atoms with E-state index in [1.807, 2.05) is 0 Å². The van der Waals surface area contributed by atoms with Gasteiger partial charge in [0.15, 0.2) is 11.5 Å². The van der Waals surface area contributed by atoms with E-state index in [9.17, 15) is 28.4 Å². The number of alkyl halides is 3. The maximum absolute atomic E-state index is 12.5. The summed E-state index contributed by atoms with van der Waals surface area (Å²) in [6.07, 6.45) is -2.81. The van der Waals surface area contributed by atoms with Crippen molar-refractivity contribution in [1.82, 2.24) is 4.98 Å². The van der Waals surface area contributed by atoms with Crippen molar-refractivity contribution < 1.29 is 27.9 Å². The van der Waals surface area contributed by atoms with Crippen LogP contribution in [0.15, 0.2) is 35.6 Å². The number of pyridine rings is 1. The first-order valence-corrected chi connectivity index (χ1v) is 7.19. The summed E-state index contributed by atoms with van der Waals surface area (Å²) in [4.78, 5) is 13.8. The molecule has 0 radical (unpaired) electrons. The summed E-state index contributed by atoms with van der Waals surface area (Å²) in [6.45, 7) is 1.82. The SMILES string of the molecule is CCOc1cc([N+](=O)[O-])cc(/C=N\Nc2ccc(C(F)(F)F)cn2)c1O. The molecular formula is C15H13F3N4O4. The number of nitrogens with one attached hydrogen (secondary N) is 1. The molecule has 0 aliphatic rings. The van der Waals surface area contributed by atoms with Crippen LogP contribution in [0.25, 0.3) is 0 Å². The lowest BCUT2D eigenvalue weighted by Crippen LogP contribution is -2.05. The van der Waals surface area contributed by atoms with E-state index in [0.29, 0.717) is 6.20 Å². The highest BCUT2D eigenvalue weighted by molar-refractivity contribution is 5.86. The summed E-state index contributed by atoms with van der Waals surface area (Å²) in [7, 11) is 0. The van der Waals surface area contributed by atoms with Gasteiger partial charge in [0.1, 0.15) is 5.82 Å². The quantitative estimate of drug-likeness (QED) is 0.457. The smallest absolute Gasteiger partial charge is 0.417 e. The van der Waals surface area contributed by atoms with Gasteiger partial charge in [0, 0.05) is 17.8 Å². The third kappa shape index (κ3) is 4.59. The second kappa shape index (κ2) is 7.68. The Morgan fingerprint density at radius 3 is 2.69 bits per heavy atom. The topological polar surface area (TPSA) is 110 Å². The minimum absolute atomic E-state index is 0.0120. The van der Waals surface area contributed by atoms with E-state index in [-0.39, 0.29) is 35.2 Å². The number of phenols is 1. The Hall–Kier alpha value is -3.37. The highest BCUT2D eigenvalue weighted by Gasteiger charge is 2.30. The molecule has 2 N–H and O–H groups in total. The normalized spacial score (nSPS) is 11.5. The first kappa shape index (κ1) is 19.0. The van der Waals surface area contributed by atoms with E-state index in [1.54, 1.807) is 6.92 Å². The van der Waals surface area contributed by atoms with Crippen LogP contribution in [0.1, 0.15) is 18.1 Å². The fourth-order valence-corrected chi connectivity index (χ4v) is 1.88. The first-order chi connectivity index (χ1) is 12.2. The van der Waals surface area contributed by atoms with E-state index >= 15 is 0 Å². The minimum atomic E-state index is -4.50. The third-order valence-electron chi connectivity index (χ3n) is 3.07. The van der Waals surface area contributed by atoms with Crippen molar-refractivity contribution in [3.8, 4) is 11.5 Å². The van der Waals surface area contributed by atoms with Gasteiger partial charge in [-0.2, -0.15) is 18.3 Å². The zero-order valence-corrected chi connectivity index (χ0v) is 13.3. The number of benzene rings is 1. The molecular weight excluding hydrogens is 357 g/mol. The molecule has 0 saturated carbocycles. The Kier molecular flexibility index (Phi) is 5.60. The molecule has 1 aromatic heterocycles. The predicted molar refractivity (Wildman–Crippen MR) is 86.4 cm³/mol. The van der Waals surface area contributed by atoms with E-state index < -0.39 is 16.7 Å². The largest absolute Gasteiger partial charge is 0.504 e. The fraction of sp³-hybridized carbons (Fsp3) is 0.200. The van der Waals surface area contributed by atoms with Crippen LogP contribution < -0.4 is 10.2 Å². The number of aromatic hydroxyl groups is 1. The number of hydrazone groups is 1. The minimum Gasteiger partial charge on any atom is -0.504 e. The summed E-state index contributed by atoms with van der Waals surface area (Å²) in [5.41, 5.74) is 1.12.